The Morgan fingerprint density at radius 2 is 0.776 bits per heavy atom. The molecule has 0 aromatic carbocycles. The highest BCUT2D eigenvalue weighted by atomic mass is 15.4. The largest absolute Gasteiger partial charge is 0.349 e. The molecule has 0 fully saturated rings. The maximum atomic E-state index is 4.76. The van der Waals surface area contributed by atoms with Crippen molar-refractivity contribution in [2.24, 2.45) is 0 Å². The van der Waals surface area contributed by atoms with Crippen LogP contribution in [0.3, 0.4) is 0 Å². The number of hydrogen-bond acceptors (Lipinski definition) is 18. The lowest BCUT2D eigenvalue weighted by Gasteiger charge is -2.29. The Balaban J connectivity index is 1.74. The fraction of sp³-hybridized carbons (Fsp3) is 0.710. The molecule has 18 heteroatoms. The van der Waals surface area contributed by atoms with Crippen LogP contribution in [0.25, 0.3) is 0 Å². The number of nitrogens with zero attached hydrogens (tertiary/aromatic N) is 10. The van der Waals surface area contributed by atoms with E-state index in [-0.39, 0.29) is 30.0 Å². The molecule has 4 heterocycles. The highest BCUT2D eigenvalue weighted by Gasteiger charge is 2.24. The molecular formula is C31H56N18. The summed E-state index contributed by atoms with van der Waals surface area (Å²) < 4.78 is 0. The van der Waals surface area contributed by atoms with Crippen LogP contribution < -0.4 is 47.4 Å². The summed E-state index contributed by atoms with van der Waals surface area (Å²) in [7, 11) is 1.89. The van der Waals surface area contributed by atoms with E-state index in [0.717, 1.165) is 38.5 Å². The normalized spacial score (nSPS) is 14.1. The highest BCUT2D eigenvalue weighted by molar-refractivity contribution is 5.49. The van der Waals surface area contributed by atoms with Crippen molar-refractivity contribution < 1.29 is 0 Å². The van der Waals surface area contributed by atoms with Crippen LogP contribution in [-0.2, 0) is 0 Å². The van der Waals surface area contributed by atoms with Gasteiger partial charge in [0.2, 0.25) is 53.5 Å². The van der Waals surface area contributed by atoms with Gasteiger partial charge in [0.15, 0.2) is 0 Å². The molecule has 6 bridgehead atoms. The Labute approximate surface area is 290 Å². The van der Waals surface area contributed by atoms with Crippen molar-refractivity contribution in [3.63, 3.8) is 0 Å². The number of rotatable bonds is 12. The van der Waals surface area contributed by atoms with Gasteiger partial charge >= 0.3 is 0 Å². The number of anilines is 9. The molecule has 270 valence electrons. The molecule has 0 unspecified atom stereocenters. The standard InChI is InChI=1S/C31H56N18/c1-11-29(7,12-2)46-25-39-20-32-17-33-22-38-24(43-26(41-22)47-30(8,13-3)14-4)36-19-49(10)28-44-23(35-18-34-21(37-20)40-25)42-27(45-28)48-31(9,15-5)16-6/h11-19H2,1-10H3,(H2,35,42,44,45,48)(H3,32,34,37,39,40,46)(H3,33,36,38,41,43,47). The van der Waals surface area contributed by atoms with Crippen molar-refractivity contribution in [2.45, 2.75) is 117 Å². The molecule has 0 saturated heterocycles. The molecular weight excluding hydrogens is 624 g/mol. The minimum Gasteiger partial charge on any atom is -0.349 e. The molecule has 4 rings (SSSR count). The third kappa shape index (κ3) is 10.1. The first-order chi connectivity index (χ1) is 23.4. The molecule has 0 saturated carbocycles. The Hall–Kier alpha value is -4.77. The van der Waals surface area contributed by atoms with Crippen molar-refractivity contribution >= 4 is 53.5 Å². The van der Waals surface area contributed by atoms with Crippen molar-refractivity contribution in [3.05, 3.63) is 0 Å². The minimum absolute atomic E-state index is 0.189. The minimum atomic E-state index is -0.189. The molecule has 0 radical (unpaired) electrons. The van der Waals surface area contributed by atoms with Crippen molar-refractivity contribution in [3.8, 4) is 0 Å². The lowest BCUT2D eigenvalue weighted by atomic mass is 9.96. The van der Waals surface area contributed by atoms with E-state index in [0.29, 0.717) is 60.2 Å². The number of aromatic nitrogens is 9. The van der Waals surface area contributed by atoms with Crippen molar-refractivity contribution in [2.75, 3.05) is 74.5 Å². The summed E-state index contributed by atoms with van der Waals surface area (Å²) >= 11 is 0. The predicted octanol–water partition coefficient (Wildman–Crippen LogP) is 5.00. The molecule has 3 aromatic rings. The molecule has 0 spiro atoms. The third-order valence-corrected chi connectivity index (χ3v) is 9.62. The van der Waals surface area contributed by atoms with Crippen molar-refractivity contribution in [1.29, 1.82) is 0 Å². The summed E-state index contributed by atoms with van der Waals surface area (Å²) in [5, 5.41) is 26.8. The van der Waals surface area contributed by atoms with Gasteiger partial charge in [-0.1, -0.05) is 41.5 Å². The Morgan fingerprint density at radius 1 is 0.469 bits per heavy atom. The average Bonchev–Trinajstić information content (AvgIpc) is 3.09. The first kappa shape index (κ1) is 37.1. The zero-order chi connectivity index (χ0) is 35.7. The van der Waals surface area contributed by atoms with E-state index in [2.05, 4.69) is 130 Å². The SMILES string of the molecule is CCC(C)(CC)Nc1nc2nc(n1)NCNc1nc(NC(C)(CC)CC)nc(n1)N(C)CNc1nc(nc(NC(C)(CC)CC)n1)NCN2. The Morgan fingerprint density at radius 3 is 1.12 bits per heavy atom. The summed E-state index contributed by atoms with van der Waals surface area (Å²) in [5.74, 6) is 3.70. The predicted molar refractivity (Wildman–Crippen MR) is 198 cm³/mol. The summed E-state index contributed by atoms with van der Waals surface area (Å²) in [4.78, 5) is 44.0. The van der Waals surface area contributed by atoms with Gasteiger partial charge in [-0.05, 0) is 59.3 Å². The smallest absolute Gasteiger partial charge is 0.233 e. The fourth-order valence-electron chi connectivity index (χ4n) is 4.61. The number of hydrogen-bond donors (Lipinski definition) is 8. The molecule has 1 aliphatic rings. The van der Waals surface area contributed by atoms with E-state index < -0.39 is 0 Å². The van der Waals surface area contributed by atoms with Gasteiger partial charge in [-0.25, -0.2) is 0 Å². The first-order valence-electron chi connectivity index (χ1n) is 17.4. The van der Waals surface area contributed by atoms with Crippen LogP contribution in [0.1, 0.15) is 101 Å². The second-order valence-corrected chi connectivity index (χ2v) is 13.2. The van der Waals surface area contributed by atoms with Crippen LogP contribution in [0.5, 0.6) is 0 Å². The van der Waals surface area contributed by atoms with Gasteiger partial charge in [-0.15, -0.1) is 0 Å². The van der Waals surface area contributed by atoms with E-state index in [9.17, 15) is 0 Å². The van der Waals surface area contributed by atoms with Gasteiger partial charge in [0, 0.05) is 23.7 Å². The van der Waals surface area contributed by atoms with Crippen molar-refractivity contribution in [1.82, 2.24) is 44.9 Å². The maximum absolute atomic E-state index is 4.76. The summed E-state index contributed by atoms with van der Waals surface area (Å²) in [6.07, 6.45) is 5.38. The second-order valence-electron chi connectivity index (χ2n) is 13.2. The second kappa shape index (κ2) is 16.1. The average molecular weight is 681 g/mol. The molecule has 3 aromatic heterocycles. The van der Waals surface area contributed by atoms with Crippen LogP contribution in [-0.4, -0.2) is 88.5 Å². The third-order valence-electron chi connectivity index (χ3n) is 9.62. The van der Waals surface area contributed by atoms with Gasteiger partial charge in [0.1, 0.15) is 0 Å². The number of fused-ring (bicyclic) bond motifs is 6. The molecule has 1 aliphatic heterocycles. The molecule has 49 heavy (non-hydrogen) atoms. The fourth-order valence-corrected chi connectivity index (χ4v) is 4.61. The Bertz CT molecular complexity index is 1500. The van der Waals surface area contributed by atoms with E-state index >= 15 is 0 Å². The first-order valence-corrected chi connectivity index (χ1v) is 17.4. The topological polar surface area (TPSA) is 215 Å². The lowest BCUT2D eigenvalue weighted by Crippen LogP contribution is -2.35. The molecule has 0 aliphatic carbocycles. The monoisotopic (exact) mass is 680 g/mol. The van der Waals surface area contributed by atoms with E-state index in [1.807, 2.05) is 11.9 Å². The van der Waals surface area contributed by atoms with Gasteiger partial charge in [-0.3, -0.25) is 0 Å². The lowest BCUT2D eigenvalue weighted by molar-refractivity contribution is 0.474. The van der Waals surface area contributed by atoms with E-state index in [1.165, 1.54) is 0 Å². The van der Waals surface area contributed by atoms with Crippen LogP contribution >= 0.6 is 0 Å². The molecule has 18 nitrogen and oxygen atoms in total. The van der Waals surface area contributed by atoms with Crippen LogP contribution in [0, 0.1) is 0 Å². The van der Waals surface area contributed by atoms with Gasteiger partial charge < -0.3 is 47.4 Å². The summed E-state index contributed by atoms with van der Waals surface area (Å²) in [6.45, 7) is 20.1. The molecule has 8 N–H and O–H groups in total. The van der Waals surface area contributed by atoms with E-state index in [4.69, 9.17) is 19.9 Å². The molecule has 0 atom stereocenters. The zero-order valence-electron chi connectivity index (χ0n) is 30.8. The maximum Gasteiger partial charge on any atom is 0.233 e. The molecule has 0 amide bonds. The quantitative estimate of drug-likeness (QED) is 0.126. The van der Waals surface area contributed by atoms with Crippen LogP contribution in [0.2, 0.25) is 0 Å². The highest BCUT2D eigenvalue weighted by Crippen LogP contribution is 2.24. The van der Waals surface area contributed by atoms with Gasteiger partial charge in [-0.2, -0.15) is 44.9 Å². The summed E-state index contributed by atoms with van der Waals surface area (Å²) in [6, 6.07) is 0. The van der Waals surface area contributed by atoms with E-state index in [1.54, 1.807) is 0 Å². The van der Waals surface area contributed by atoms with Crippen LogP contribution in [0.4, 0.5) is 53.5 Å². The van der Waals surface area contributed by atoms with Gasteiger partial charge in [0.25, 0.3) is 0 Å². The Kier molecular flexibility index (Phi) is 12.2. The number of nitrogens with one attached hydrogen (secondary N) is 8. The zero-order valence-corrected chi connectivity index (χ0v) is 30.8. The van der Waals surface area contributed by atoms with Crippen LogP contribution in [0.15, 0.2) is 0 Å². The summed E-state index contributed by atoms with van der Waals surface area (Å²) in [5.41, 5.74) is -0.568. The van der Waals surface area contributed by atoms with Gasteiger partial charge in [0.05, 0.1) is 20.0 Å².